The number of hydrogen-bond donors (Lipinski definition) is 2. The smallest absolute Gasteiger partial charge is 0.271 e. The van der Waals surface area contributed by atoms with Gasteiger partial charge in [0.2, 0.25) is 6.41 Å². The van der Waals surface area contributed by atoms with Crippen LogP contribution in [0.2, 0.25) is 5.15 Å². The Morgan fingerprint density at radius 1 is 1.12 bits per heavy atom. The standard InChI is InChI=1S/C16H12ClN5O3/c1-9-2-4-11(18-8-23)13(6-9)20-16-15(17)19-12-5-3-10(22(24)25)7-14(12)21-16/h2-8H,1H3,(H,18,23)(H,20,21). The molecule has 0 spiro atoms. The third kappa shape index (κ3) is 3.48. The van der Waals surface area contributed by atoms with Crippen LogP contribution in [0, 0.1) is 17.0 Å². The fourth-order valence-corrected chi connectivity index (χ4v) is 2.47. The summed E-state index contributed by atoms with van der Waals surface area (Å²) in [6.07, 6.45) is 0.562. The third-order valence-corrected chi connectivity index (χ3v) is 3.72. The van der Waals surface area contributed by atoms with E-state index in [-0.39, 0.29) is 16.7 Å². The summed E-state index contributed by atoms with van der Waals surface area (Å²) in [5.74, 6) is 0.231. The van der Waals surface area contributed by atoms with E-state index in [1.54, 1.807) is 6.07 Å². The molecule has 0 aliphatic rings. The number of carbonyl (C=O) groups excluding carboxylic acids is 1. The summed E-state index contributed by atoms with van der Waals surface area (Å²) < 4.78 is 0. The molecule has 8 nitrogen and oxygen atoms in total. The number of anilines is 3. The molecule has 1 amide bonds. The predicted octanol–water partition coefficient (Wildman–Crippen LogP) is 3.81. The Balaban J connectivity index is 2.06. The third-order valence-electron chi connectivity index (χ3n) is 3.46. The van der Waals surface area contributed by atoms with Crippen molar-refractivity contribution in [3.8, 4) is 0 Å². The van der Waals surface area contributed by atoms with Crippen LogP contribution in [0.25, 0.3) is 11.0 Å². The van der Waals surface area contributed by atoms with Gasteiger partial charge in [-0.25, -0.2) is 9.97 Å². The molecule has 0 radical (unpaired) electrons. The molecule has 9 heteroatoms. The van der Waals surface area contributed by atoms with Gasteiger partial charge in [0.15, 0.2) is 11.0 Å². The normalized spacial score (nSPS) is 10.5. The number of nitro benzene ring substituents is 1. The van der Waals surface area contributed by atoms with Crippen molar-refractivity contribution in [3.05, 3.63) is 57.2 Å². The van der Waals surface area contributed by atoms with Crippen LogP contribution in [-0.4, -0.2) is 21.3 Å². The molecule has 126 valence electrons. The summed E-state index contributed by atoms with van der Waals surface area (Å²) in [6, 6.07) is 9.54. The van der Waals surface area contributed by atoms with Gasteiger partial charge in [-0.3, -0.25) is 14.9 Å². The zero-order valence-corrected chi connectivity index (χ0v) is 13.7. The lowest BCUT2D eigenvalue weighted by molar-refractivity contribution is -0.384. The summed E-state index contributed by atoms with van der Waals surface area (Å²) in [5, 5.41) is 16.6. The van der Waals surface area contributed by atoms with Crippen LogP contribution in [0.4, 0.5) is 22.9 Å². The SMILES string of the molecule is Cc1ccc(NC=O)c(Nc2nc3cc([N+](=O)[O-])ccc3nc2Cl)c1. The molecule has 0 unspecified atom stereocenters. The van der Waals surface area contributed by atoms with Gasteiger partial charge in [-0.2, -0.15) is 0 Å². The quantitative estimate of drug-likeness (QED) is 0.408. The highest BCUT2D eigenvalue weighted by molar-refractivity contribution is 6.32. The molecule has 0 atom stereocenters. The second-order valence-corrected chi connectivity index (χ2v) is 5.59. The van der Waals surface area contributed by atoms with E-state index in [1.807, 2.05) is 19.1 Å². The Morgan fingerprint density at radius 2 is 1.92 bits per heavy atom. The highest BCUT2D eigenvalue weighted by Gasteiger charge is 2.13. The minimum atomic E-state index is -0.504. The minimum Gasteiger partial charge on any atom is -0.336 e. The van der Waals surface area contributed by atoms with Crippen LogP contribution in [-0.2, 0) is 4.79 Å². The molecule has 2 N–H and O–H groups in total. The molecule has 0 fully saturated rings. The van der Waals surface area contributed by atoms with Crippen LogP contribution < -0.4 is 10.6 Å². The van der Waals surface area contributed by atoms with Gasteiger partial charge in [0, 0.05) is 12.1 Å². The van der Waals surface area contributed by atoms with Crippen molar-refractivity contribution in [2.24, 2.45) is 0 Å². The van der Waals surface area contributed by atoms with Crippen LogP contribution in [0.1, 0.15) is 5.56 Å². The van der Waals surface area contributed by atoms with E-state index in [0.29, 0.717) is 28.8 Å². The second kappa shape index (κ2) is 6.70. The lowest BCUT2D eigenvalue weighted by atomic mass is 10.2. The molecular formula is C16H12ClN5O3. The van der Waals surface area contributed by atoms with E-state index in [1.165, 1.54) is 18.2 Å². The summed E-state index contributed by atoms with van der Waals surface area (Å²) in [5.41, 5.74) is 2.76. The molecule has 0 bridgehead atoms. The lowest BCUT2D eigenvalue weighted by Crippen LogP contribution is -2.03. The number of amides is 1. The molecule has 0 saturated heterocycles. The number of nitro groups is 1. The highest BCUT2D eigenvalue weighted by Crippen LogP contribution is 2.30. The molecule has 0 aliphatic heterocycles. The van der Waals surface area contributed by atoms with Crippen LogP contribution in [0.5, 0.6) is 0 Å². The molecule has 1 heterocycles. The number of nitrogens with zero attached hydrogens (tertiary/aromatic N) is 3. The van der Waals surface area contributed by atoms with Crippen LogP contribution in [0.15, 0.2) is 36.4 Å². The topological polar surface area (TPSA) is 110 Å². The Bertz CT molecular complexity index is 993. The molecular weight excluding hydrogens is 346 g/mol. The summed E-state index contributed by atoms with van der Waals surface area (Å²) >= 11 is 6.16. The number of rotatable bonds is 5. The Labute approximate surface area is 147 Å². The monoisotopic (exact) mass is 357 g/mol. The number of aryl methyl sites for hydroxylation is 1. The maximum atomic E-state index is 10.9. The van der Waals surface area contributed by atoms with Crippen molar-refractivity contribution in [3.63, 3.8) is 0 Å². The second-order valence-electron chi connectivity index (χ2n) is 5.23. The average molecular weight is 358 g/mol. The number of nitrogens with one attached hydrogen (secondary N) is 2. The maximum absolute atomic E-state index is 10.9. The molecule has 25 heavy (non-hydrogen) atoms. The highest BCUT2D eigenvalue weighted by atomic mass is 35.5. The van der Waals surface area contributed by atoms with Crippen LogP contribution >= 0.6 is 11.6 Å². The first-order valence-corrected chi connectivity index (χ1v) is 7.55. The van der Waals surface area contributed by atoms with E-state index < -0.39 is 4.92 Å². The van der Waals surface area contributed by atoms with E-state index in [9.17, 15) is 14.9 Å². The predicted molar refractivity (Wildman–Crippen MR) is 95.4 cm³/mol. The Morgan fingerprint density at radius 3 is 2.64 bits per heavy atom. The molecule has 3 rings (SSSR count). The number of fused-ring (bicyclic) bond motifs is 1. The summed E-state index contributed by atoms with van der Waals surface area (Å²) in [7, 11) is 0. The van der Waals surface area contributed by atoms with Crippen molar-refractivity contribution >= 4 is 51.9 Å². The van der Waals surface area contributed by atoms with Crippen molar-refractivity contribution in [1.29, 1.82) is 0 Å². The first-order valence-electron chi connectivity index (χ1n) is 7.17. The lowest BCUT2D eigenvalue weighted by Gasteiger charge is -2.13. The number of benzene rings is 2. The Kier molecular flexibility index (Phi) is 4.44. The van der Waals surface area contributed by atoms with Gasteiger partial charge in [0.25, 0.3) is 5.69 Å². The fourth-order valence-electron chi connectivity index (χ4n) is 2.29. The number of halogens is 1. The van der Waals surface area contributed by atoms with Crippen molar-refractivity contribution in [1.82, 2.24) is 9.97 Å². The van der Waals surface area contributed by atoms with Gasteiger partial charge in [-0.05, 0) is 30.7 Å². The molecule has 0 saturated carbocycles. The first-order chi connectivity index (χ1) is 12.0. The van der Waals surface area contributed by atoms with Gasteiger partial charge < -0.3 is 10.6 Å². The molecule has 1 aromatic heterocycles. The zero-order chi connectivity index (χ0) is 18.0. The van der Waals surface area contributed by atoms with Gasteiger partial charge in [0.05, 0.1) is 27.3 Å². The van der Waals surface area contributed by atoms with Crippen molar-refractivity contribution in [2.75, 3.05) is 10.6 Å². The summed E-state index contributed by atoms with van der Waals surface area (Å²) in [4.78, 5) is 29.7. The summed E-state index contributed by atoms with van der Waals surface area (Å²) in [6.45, 7) is 1.90. The Hall–Kier alpha value is -3.26. The largest absolute Gasteiger partial charge is 0.336 e. The van der Waals surface area contributed by atoms with Gasteiger partial charge >= 0.3 is 0 Å². The maximum Gasteiger partial charge on any atom is 0.271 e. The first kappa shape index (κ1) is 16.6. The minimum absolute atomic E-state index is 0.0889. The average Bonchev–Trinajstić information content (AvgIpc) is 2.57. The van der Waals surface area contributed by atoms with E-state index >= 15 is 0 Å². The fraction of sp³-hybridized carbons (Fsp3) is 0.0625. The van der Waals surface area contributed by atoms with Crippen molar-refractivity contribution in [2.45, 2.75) is 6.92 Å². The van der Waals surface area contributed by atoms with Gasteiger partial charge in [-0.1, -0.05) is 17.7 Å². The number of carbonyl (C=O) groups is 1. The van der Waals surface area contributed by atoms with E-state index in [4.69, 9.17) is 11.6 Å². The molecule has 0 aliphatic carbocycles. The number of hydrogen-bond acceptors (Lipinski definition) is 6. The van der Waals surface area contributed by atoms with Gasteiger partial charge in [-0.15, -0.1) is 0 Å². The number of aromatic nitrogens is 2. The van der Waals surface area contributed by atoms with Gasteiger partial charge in [0.1, 0.15) is 0 Å². The van der Waals surface area contributed by atoms with E-state index in [0.717, 1.165) is 5.56 Å². The van der Waals surface area contributed by atoms with Crippen molar-refractivity contribution < 1.29 is 9.72 Å². The van der Waals surface area contributed by atoms with E-state index in [2.05, 4.69) is 20.6 Å². The zero-order valence-electron chi connectivity index (χ0n) is 13.0. The molecule has 2 aromatic carbocycles. The number of non-ortho nitro benzene ring substituents is 1. The molecule has 3 aromatic rings. The van der Waals surface area contributed by atoms with Crippen LogP contribution in [0.3, 0.4) is 0 Å².